The summed E-state index contributed by atoms with van der Waals surface area (Å²) < 4.78 is 0. The molecule has 1 aromatic carbocycles. The predicted octanol–water partition coefficient (Wildman–Crippen LogP) is 3.82. The van der Waals surface area contributed by atoms with Gasteiger partial charge in [0.1, 0.15) is 0 Å². The Balaban J connectivity index is 0.00000176. The Hall–Kier alpha value is -0.780. The molecule has 0 aromatic heterocycles. The van der Waals surface area contributed by atoms with Crippen LogP contribution in [-0.4, -0.2) is 30.5 Å². The van der Waals surface area contributed by atoms with E-state index >= 15 is 0 Å². The topological polar surface area (TPSA) is 41.6 Å². The summed E-state index contributed by atoms with van der Waals surface area (Å²) >= 11 is 0. The minimum Gasteiger partial charge on any atom is -0.370 e. The Morgan fingerprint density at radius 3 is 2.32 bits per heavy atom. The Morgan fingerprint density at radius 2 is 1.73 bits per heavy atom. The average Bonchev–Trinajstić information content (AvgIpc) is 2.51. The normalized spacial score (nSPS) is 20.9. The lowest BCUT2D eigenvalue weighted by Gasteiger charge is -2.41. The molecule has 1 heterocycles. The van der Waals surface area contributed by atoms with Crippen LogP contribution < -0.4 is 5.73 Å². The number of rotatable bonds is 4. The number of nitrogens with two attached hydrogens (primary N) is 1. The van der Waals surface area contributed by atoms with E-state index in [1.807, 2.05) is 0 Å². The molecule has 0 atom stereocenters. The molecule has 0 unspecified atom stereocenters. The summed E-state index contributed by atoms with van der Waals surface area (Å²) in [6.45, 7) is 3.06. The van der Waals surface area contributed by atoms with Crippen molar-refractivity contribution in [2.24, 2.45) is 16.1 Å². The van der Waals surface area contributed by atoms with Crippen molar-refractivity contribution in [3.05, 3.63) is 35.9 Å². The van der Waals surface area contributed by atoms with Gasteiger partial charge in [0.05, 0.1) is 0 Å². The van der Waals surface area contributed by atoms with E-state index in [2.05, 4.69) is 35.2 Å². The lowest BCUT2D eigenvalue weighted by atomic mass is 9.65. The summed E-state index contributed by atoms with van der Waals surface area (Å²) in [5.41, 5.74) is 8.00. The molecule has 3 rings (SSSR count). The highest BCUT2D eigenvalue weighted by Gasteiger charge is 2.36. The van der Waals surface area contributed by atoms with Crippen molar-refractivity contribution >= 4 is 29.9 Å². The number of benzene rings is 1. The highest BCUT2D eigenvalue weighted by atomic mass is 127. The first-order valence-electron chi connectivity index (χ1n) is 8.36. The number of halogens is 1. The van der Waals surface area contributed by atoms with Crippen LogP contribution in [0.3, 0.4) is 0 Å². The van der Waals surface area contributed by atoms with Crippen molar-refractivity contribution in [3.63, 3.8) is 0 Å². The molecule has 2 aliphatic rings. The van der Waals surface area contributed by atoms with Crippen LogP contribution in [-0.2, 0) is 6.42 Å². The molecule has 4 heteroatoms. The average molecular weight is 413 g/mol. The quantitative estimate of drug-likeness (QED) is 0.463. The van der Waals surface area contributed by atoms with Crippen LogP contribution in [0.1, 0.15) is 44.1 Å². The van der Waals surface area contributed by atoms with Gasteiger partial charge in [-0.3, -0.25) is 4.99 Å². The van der Waals surface area contributed by atoms with Crippen molar-refractivity contribution < 1.29 is 0 Å². The van der Waals surface area contributed by atoms with Crippen LogP contribution >= 0.6 is 24.0 Å². The van der Waals surface area contributed by atoms with E-state index in [1.165, 1.54) is 44.1 Å². The van der Waals surface area contributed by atoms with Crippen LogP contribution in [0.15, 0.2) is 35.3 Å². The van der Waals surface area contributed by atoms with E-state index in [-0.39, 0.29) is 24.0 Å². The monoisotopic (exact) mass is 413 g/mol. The maximum Gasteiger partial charge on any atom is 0.191 e. The number of aliphatic imine (C=N–C) groups is 1. The molecule has 122 valence electrons. The molecule has 1 saturated heterocycles. The van der Waals surface area contributed by atoms with Crippen LogP contribution in [0.2, 0.25) is 0 Å². The van der Waals surface area contributed by atoms with Crippen LogP contribution in [0, 0.1) is 5.41 Å². The second kappa shape index (κ2) is 8.18. The van der Waals surface area contributed by atoms with Crippen molar-refractivity contribution in [3.8, 4) is 0 Å². The second-order valence-corrected chi connectivity index (χ2v) is 6.74. The predicted molar refractivity (Wildman–Crippen MR) is 104 cm³/mol. The molecular formula is C18H28IN3. The smallest absolute Gasteiger partial charge is 0.191 e. The first-order chi connectivity index (χ1) is 10.3. The van der Waals surface area contributed by atoms with Gasteiger partial charge in [-0.2, -0.15) is 0 Å². The van der Waals surface area contributed by atoms with Crippen molar-refractivity contribution in [2.45, 2.75) is 44.9 Å². The van der Waals surface area contributed by atoms with Crippen molar-refractivity contribution in [2.75, 3.05) is 19.6 Å². The Bertz CT molecular complexity index is 476. The van der Waals surface area contributed by atoms with Gasteiger partial charge in [0.2, 0.25) is 0 Å². The van der Waals surface area contributed by atoms with E-state index in [4.69, 9.17) is 10.7 Å². The molecule has 1 aliphatic heterocycles. The number of likely N-dealkylation sites (tertiary alicyclic amines) is 1. The standard InChI is InChI=1S/C18H27N3.HI/c19-17(21-12-5-2-6-13-21)20-15-18(10-7-11-18)14-16-8-3-1-4-9-16;/h1,3-4,8-9H,2,5-7,10-15H2,(H2,19,20);1H. The number of hydrogen-bond acceptors (Lipinski definition) is 1. The third-order valence-corrected chi connectivity index (χ3v) is 5.09. The van der Waals surface area contributed by atoms with Crippen LogP contribution in [0.4, 0.5) is 0 Å². The van der Waals surface area contributed by atoms with Gasteiger partial charge in [-0.1, -0.05) is 36.8 Å². The van der Waals surface area contributed by atoms with E-state index in [0.29, 0.717) is 5.41 Å². The van der Waals surface area contributed by atoms with E-state index in [9.17, 15) is 0 Å². The van der Waals surface area contributed by atoms with Gasteiger partial charge in [0, 0.05) is 19.6 Å². The van der Waals surface area contributed by atoms with E-state index in [1.54, 1.807) is 0 Å². The molecule has 2 N–H and O–H groups in total. The SMILES string of the molecule is I.NC(=NCC1(Cc2ccccc2)CCC1)N1CCCCC1. The Labute approximate surface area is 151 Å². The molecular weight excluding hydrogens is 385 g/mol. The number of guanidine groups is 1. The minimum atomic E-state index is 0. The molecule has 0 radical (unpaired) electrons. The van der Waals surface area contributed by atoms with Gasteiger partial charge in [0.25, 0.3) is 0 Å². The molecule has 1 aliphatic carbocycles. The third-order valence-electron chi connectivity index (χ3n) is 5.09. The van der Waals surface area contributed by atoms with Gasteiger partial charge in [-0.15, -0.1) is 24.0 Å². The van der Waals surface area contributed by atoms with Gasteiger partial charge in [-0.25, -0.2) is 0 Å². The molecule has 1 aromatic rings. The van der Waals surface area contributed by atoms with Crippen LogP contribution in [0.5, 0.6) is 0 Å². The first-order valence-corrected chi connectivity index (χ1v) is 8.36. The second-order valence-electron chi connectivity index (χ2n) is 6.74. The maximum atomic E-state index is 6.20. The van der Waals surface area contributed by atoms with E-state index < -0.39 is 0 Å². The highest BCUT2D eigenvalue weighted by Crippen LogP contribution is 2.44. The number of nitrogens with zero attached hydrogens (tertiary/aromatic N) is 2. The Kier molecular flexibility index (Phi) is 6.53. The molecule has 22 heavy (non-hydrogen) atoms. The molecule has 3 nitrogen and oxygen atoms in total. The van der Waals surface area contributed by atoms with Crippen molar-refractivity contribution in [1.82, 2.24) is 4.90 Å². The number of piperidine rings is 1. The number of hydrogen-bond donors (Lipinski definition) is 1. The lowest BCUT2D eigenvalue weighted by molar-refractivity contribution is 0.145. The molecule has 0 bridgehead atoms. The molecule has 0 spiro atoms. The third kappa shape index (κ3) is 4.37. The molecule has 0 amide bonds. The first kappa shape index (κ1) is 17.6. The summed E-state index contributed by atoms with van der Waals surface area (Å²) in [6.07, 6.45) is 8.91. The van der Waals surface area contributed by atoms with Gasteiger partial charge in [0.15, 0.2) is 5.96 Å². The zero-order chi connectivity index (χ0) is 14.5. The van der Waals surface area contributed by atoms with Crippen LogP contribution in [0.25, 0.3) is 0 Å². The fourth-order valence-corrected chi connectivity index (χ4v) is 3.57. The zero-order valence-corrected chi connectivity index (χ0v) is 15.7. The molecule has 2 fully saturated rings. The maximum absolute atomic E-state index is 6.20. The highest BCUT2D eigenvalue weighted by molar-refractivity contribution is 14.0. The summed E-state index contributed by atoms with van der Waals surface area (Å²) in [4.78, 5) is 7.02. The fourth-order valence-electron chi connectivity index (χ4n) is 3.57. The van der Waals surface area contributed by atoms with Gasteiger partial charge in [-0.05, 0) is 49.5 Å². The van der Waals surface area contributed by atoms with Gasteiger partial charge >= 0.3 is 0 Å². The minimum absolute atomic E-state index is 0. The fraction of sp³-hybridized carbons (Fsp3) is 0.611. The molecule has 1 saturated carbocycles. The Morgan fingerprint density at radius 1 is 1.05 bits per heavy atom. The van der Waals surface area contributed by atoms with Crippen molar-refractivity contribution in [1.29, 1.82) is 0 Å². The van der Waals surface area contributed by atoms with E-state index in [0.717, 1.165) is 32.0 Å². The summed E-state index contributed by atoms with van der Waals surface area (Å²) in [5.74, 6) is 0.772. The lowest BCUT2D eigenvalue weighted by Crippen LogP contribution is -2.42. The summed E-state index contributed by atoms with van der Waals surface area (Å²) in [7, 11) is 0. The summed E-state index contributed by atoms with van der Waals surface area (Å²) in [6, 6.07) is 10.8. The zero-order valence-electron chi connectivity index (χ0n) is 13.3. The largest absolute Gasteiger partial charge is 0.370 e. The van der Waals surface area contributed by atoms with Gasteiger partial charge < -0.3 is 10.6 Å². The summed E-state index contributed by atoms with van der Waals surface area (Å²) in [5, 5.41) is 0.